The fraction of sp³-hybridized carbons (Fsp3) is 0.240. The first-order valence-electron chi connectivity index (χ1n) is 10.6. The zero-order valence-electron chi connectivity index (χ0n) is 18.4. The Morgan fingerprint density at radius 1 is 1.00 bits per heavy atom. The monoisotopic (exact) mass is 502 g/mol. The molecule has 0 saturated carbocycles. The van der Waals surface area contributed by atoms with Gasteiger partial charge in [-0.3, -0.25) is 9.10 Å². The third-order valence-electron chi connectivity index (χ3n) is 5.02. The Kier molecular flexibility index (Phi) is 9.23. The summed E-state index contributed by atoms with van der Waals surface area (Å²) in [5.41, 5.74) is 2.93. The van der Waals surface area contributed by atoms with Gasteiger partial charge >= 0.3 is 0 Å². The number of amides is 1. The van der Waals surface area contributed by atoms with Crippen molar-refractivity contribution in [1.29, 1.82) is 0 Å². The summed E-state index contributed by atoms with van der Waals surface area (Å²) in [5, 5.41) is 3.23. The molecule has 1 amide bonds. The van der Waals surface area contributed by atoms with E-state index in [1.54, 1.807) is 36.4 Å². The zero-order chi connectivity index (χ0) is 23.7. The van der Waals surface area contributed by atoms with Crippen molar-refractivity contribution >= 4 is 45.0 Å². The fourth-order valence-corrected chi connectivity index (χ4v) is 5.86. The van der Waals surface area contributed by atoms with Crippen molar-refractivity contribution in [1.82, 2.24) is 5.32 Å². The molecule has 5 nitrogen and oxygen atoms in total. The maximum absolute atomic E-state index is 13.3. The third kappa shape index (κ3) is 7.25. The lowest BCUT2D eigenvalue weighted by molar-refractivity contribution is -0.119. The van der Waals surface area contributed by atoms with E-state index in [4.69, 9.17) is 11.6 Å². The number of nitrogens with one attached hydrogen (secondary N) is 1. The Morgan fingerprint density at radius 2 is 1.73 bits per heavy atom. The third-order valence-corrected chi connectivity index (χ3v) is 8.14. The van der Waals surface area contributed by atoms with Crippen molar-refractivity contribution in [3.63, 3.8) is 0 Å². The molecule has 3 aromatic rings. The number of halogens is 1. The van der Waals surface area contributed by atoms with E-state index >= 15 is 0 Å². The van der Waals surface area contributed by atoms with Gasteiger partial charge < -0.3 is 5.32 Å². The summed E-state index contributed by atoms with van der Waals surface area (Å²) in [4.78, 5) is 12.7. The van der Waals surface area contributed by atoms with Crippen LogP contribution in [0.3, 0.4) is 0 Å². The predicted octanol–water partition coefficient (Wildman–Crippen LogP) is 5.28. The van der Waals surface area contributed by atoms with Gasteiger partial charge in [-0.15, -0.1) is 0 Å². The van der Waals surface area contributed by atoms with Gasteiger partial charge in [0.15, 0.2) is 0 Å². The number of hydrogen-bond donors (Lipinski definition) is 1. The summed E-state index contributed by atoms with van der Waals surface area (Å²) in [5.74, 6) is 1.46. The summed E-state index contributed by atoms with van der Waals surface area (Å²) in [6, 6.07) is 22.9. The van der Waals surface area contributed by atoms with Crippen molar-refractivity contribution < 1.29 is 13.2 Å². The van der Waals surface area contributed by atoms with Gasteiger partial charge in [0, 0.05) is 17.3 Å². The van der Waals surface area contributed by atoms with Gasteiger partial charge in [-0.25, -0.2) is 8.42 Å². The number of rotatable bonds is 11. The van der Waals surface area contributed by atoms with Crippen LogP contribution in [0.5, 0.6) is 0 Å². The minimum Gasteiger partial charge on any atom is -0.354 e. The summed E-state index contributed by atoms with van der Waals surface area (Å²) in [6.07, 6.45) is 0.797. The maximum atomic E-state index is 13.3. The molecular formula is C25H27ClN2O3S2. The number of aryl methyl sites for hydroxylation is 1. The molecule has 3 aromatic carbocycles. The topological polar surface area (TPSA) is 66.5 Å². The van der Waals surface area contributed by atoms with Crippen LogP contribution in [0.1, 0.15) is 17.5 Å². The Labute approximate surface area is 205 Å². The minimum atomic E-state index is -3.93. The van der Waals surface area contributed by atoms with Gasteiger partial charge in [0.2, 0.25) is 5.91 Å². The van der Waals surface area contributed by atoms with E-state index in [1.807, 2.05) is 23.9 Å². The standard InChI is InChI=1S/C25H27ClN2O3S2/c1-20-9-5-6-10-21(20)19-32-16-8-15-27-25(29)18-28(23-12-7-11-22(26)17-23)33(30,31)24-13-3-2-4-14-24/h2-7,9-14,17H,8,15-16,18-19H2,1H3,(H,27,29). The van der Waals surface area contributed by atoms with Crippen molar-refractivity contribution in [3.05, 3.63) is 95.0 Å². The van der Waals surface area contributed by atoms with E-state index in [0.29, 0.717) is 17.3 Å². The molecule has 33 heavy (non-hydrogen) atoms. The molecule has 3 rings (SSSR count). The number of anilines is 1. The van der Waals surface area contributed by atoms with Crippen LogP contribution in [0.4, 0.5) is 5.69 Å². The summed E-state index contributed by atoms with van der Waals surface area (Å²) in [7, 11) is -3.93. The highest BCUT2D eigenvalue weighted by atomic mass is 35.5. The molecule has 0 aliphatic rings. The number of carbonyl (C=O) groups excluding carboxylic acids is 1. The van der Waals surface area contributed by atoms with Crippen LogP contribution in [0.15, 0.2) is 83.8 Å². The van der Waals surface area contributed by atoms with Crippen LogP contribution in [0, 0.1) is 6.92 Å². The van der Waals surface area contributed by atoms with Crippen LogP contribution in [-0.4, -0.2) is 33.2 Å². The quantitative estimate of drug-likeness (QED) is 0.362. The highest BCUT2D eigenvalue weighted by molar-refractivity contribution is 7.98. The van der Waals surface area contributed by atoms with Crippen LogP contribution < -0.4 is 9.62 Å². The van der Waals surface area contributed by atoms with E-state index in [0.717, 1.165) is 22.2 Å². The van der Waals surface area contributed by atoms with E-state index in [-0.39, 0.29) is 17.3 Å². The van der Waals surface area contributed by atoms with Crippen molar-refractivity contribution in [2.45, 2.75) is 24.0 Å². The number of nitrogens with zero attached hydrogens (tertiary/aromatic N) is 1. The molecular weight excluding hydrogens is 476 g/mol. The lowest BCUT2D eigenvalue weighted by atomic mass is 10.1. The fourth-order valence-electron chi connectivity index (χ4n) is 3.21. The molecule has 0 aliphatic heterocycles. The van der Waals surface area contributed by atoms with Crippen molar-refractivity contribution in [2.75, 3.05) is 23.1 Å². The number of hydrogen-bond acceptors (Lipinski definition) is 4. The largest absolute Gasteiger partial charge is 0.354 e. The Balaban J connectivity index is 1.57. The first-order valence-corrected chi connectivity index (χ1v) is 13.6. The van der Waals surface area contributed by atoms with E-state index in [9.17, 15) is 13.2 Å². The van der Waals surface area contributed by atoms with E-state index in [1.165, 1.54) is 29.3 Å². The lowest BCUT2D eigenvalue weighted by Gasteiger charge is -2.24. The number of benzene rings is 3. The SMILES string of the molecule is Cc1ccccc1CSCCCNC(=O)CN(c1cccc(Cl)c1)S(=O)(=O)c1ccccc1. The Morgan fingerprint density at radius 3 is 2.45 bits per heavy atom. The van der Waals surface area contributed by atoms with Gasteiger partial charge in [0.1, 0.15) is 6.54 Å². The normalized spacial score (nSPS) is 11.2. The second kappa shape index (κ2) is 12.1. The Bertz CT molecular complexity index is 1170. The van der Waals surface area contributed by atoms with Gasteiger partial charge in [0.25, 0.3) is 10.0 Å². The minimum absolute atomic E-state index is 0.116. The smallest absolute Gasteiger partial charge is 0.264 e. The average Bonchev–Trinajstić information content (AvgIpc) is 2.81. The average molecular weight is 503 g/mol. The molecule has 0 saturated heterocycles. The van der Waals surface area contributed by atoms with Crippen LogP contribution in [0.2, 0.25) is 5.02 Å². The molecule has 0 unspecified atom stereocenters. The first kappa shape index (κ1) is 25.1. The molecule has 0 heterocycles. The molecule has 0 atom stereocenters. The highest BCUT2D eigenvalue weighted by Crippen LogP contribution is 2.26. The molecule has 0 spiro atoms. The number of carbonyl (C=O) groups is 1. The van der Waals surface area contributed by atoms with Crippen LogP contribution in [0.25, 0.3) is 0 Å². The predicted molar refractivity (Wildman–Crippen MR) is 137 cm³/mol. The molecule has 0 aromatic heterocycles. The molecule has 0 radical (unpaired) electrons. The second-order valence-electron chi connectivity index (χ2n) is 7.49. The highest BCUT2D eigenvalue weighted by Gasteiger charge is 2.27. The van der Waals surface area contributed by atoms with Gasteiger partial charge in [-0.1, -0.05) is 60.1 Å². The van der Waals surface area contributed by atoms with Crippen molar-refractivity contribution in [2.24, 2.45) is 0 Å². The Hall–Kier alpha value is -2.48. The molecule has 0 fully saturated rings. The maximum Gasteiger partial charge on any atom is 0.264 e. The van der Waals surface area contributed by atoms with Crippen LogP contribution >= 0.6 is 23.4 Å². The molecule has 174 valence electrons. The number of thioether (sulfide) groups is 1. The van der Waals surface area contributed by atoms with E-state index < -0.39 is 10.0 Å². The molecule has 0 aliphatic carbocycles. The molecule has 8 heteroatoms. The summed E-state index contributed by atoms with van der Waals surface area (Å²) >= 11 is 7.90. The van der Waals surface area contributed by atoms with Gasteiger partial charge in [-0.2, -0.15) is 11.8 Å². The van der Waals surface area contributed by atoms with Crippen LogP contribution in [-0.2, 0) is 20.6 Å². The second-order valence-corrected chi connectivity index (χ2v) is 10.9. The van der Waals surface area contributed by atoms with E-state index in [2.05, 4.69) is 24.4 Å². The van der Waals surface area contributed by atoms with Gasteiger partial charge in [0.05, 0.1) is 10.6 Å². The van der Waals surface area contributed by atoms with Crippen molar-refractivity contribution in [3.8, 4) is 0 Å². The number of sulfonamides is 1. The lowest BCUT2D eigenvalue weighted by Crippen LogP contribution is -2.41. The zero-order valence-corrected chi connectivity index (χ0v) is 20.8. The summed E-state index contributed by atoms with van der Waals surface area (Å²) < 4.78 is 27.6. The van der Waals surface area contributed by atoms with Gasteiger partial charge in [-0.05, 0) is 60.6 Å². The first-order chi connectivity index (χ1) is 15.9. The summed E-state index contributed by atoms with van der Waals surface area (Å²) in [6.45, 7) is 2.26. The molecule has 0 bridgehead atoms. The molecule has 1 N–H and O–H groups in total.